The maximum Gasteiger partial charge on any atom is 0.309 e. The first-order chi connectivity index (χ1) is 7.11. The van der Waals surface area contributed by atoms with E-state index in [4.69, 9.17) is 20.2 Å². The molecule has 15 heavy (non-hydrogen) atoms. The molecular formula is C9H15ClO4S. The van der Waals surface area contributed by atoms with E-state index in [0.29, 0.717) is 12.2 Å². The summed E-state index contributed by atoms with van der Waals surface area (Å²) in [7, 11) is 6.47. The van der Waals surface area contributed by atoms with E-state index in [9.17, 15) is 9.59 Å². The van der Waals surface area contributed by atoms with Crippen LogP contribution in [0.25, 0.3) is 0 Å². The third-order valence-corrected chi connectivity index (χ3v) is 2.60. The molecule has 88 valence electrons. The lowest BCUT2D eigenvalue weighted by molar-refractivity contribution is -0.154. The van der Waals surface area contributed by atoms with E-state index in [1.54, 1.807) is 13.8 Å². The van der Waals surface area contributed by atoms with Gasteiger partial charge in [0, 0.05) is 12.2 Å². The number of hydrogen-bond acceptors (Lipinski definition) is 5. The van der Waals surface area contributed by atoms with Gasteiger partial charge >= 0.3 is 11.9 Å². The Balaban J connectivity index is 3.50. The molecule has 6 heteroatoms. The molecule has 0 aromatic carbocycles. The van der Waals surface area contributed by atoms with Crippen LogP contribution in [0.3, 0.4) is 0 Å². The van der Waals surface area contributed by atoms with Crippen molar-refractivity contribution in [3.8, 4) is 0 Å². The number of rotatable bonds is 7. The molecule has 0 fully saturated rings. The number of halogens is 1. The summed E-state index contributed by atoms with van der Waals surface area (Å²) in [4.78, 5) is 21.9. The molecule has 0 saturated heterocycles. The van der Waals surface area contributed by atoms with Gasteiger partial charge < -0.3 is 9.47 Å². The van der Waals surface area contributed by atoms with Crippen molar-refractivity contribution in [1.29, 1.82) is 0 Å². The number of hydrogen-bond donors (Lipinski definition) is 0. The van der Waals surface area contributed by atoms with Crippen LogP contribution in [0.1, 0.15) is 20.3 Å². The minimum Gasteiger partial charge on any atom is -0.462 e. The van der Waals surface area contributed by atoms with Crippen LogP contribution in [0.15, 0.2) is 0 Å². The fraction of sp³-hybridized carbons (Fsp3) is 0.778. The van der Waals surface area contributed by atoms with Crippen molar-refractivity contribution in [2.24, 2.45) is 5.92 Å². The van der Waals surface area contributed by atoms with Gasteiger partial charge in [-0.2, -0.15) is 0 Å². The first kappa shape index (κ1) is 14.6. The maximum absolute atomic E-state index is 11.2. The van der Waals surface area contributed by atoms with Crippen LogP contribution in [-0.2, 0) is 19.1 Å². The summed E-state index contributed by atoms with van der Waals surface area (Å²) in [5.41, 5.74) is 0. The first-order valence-electron chi connectivity index (χ1n) is 4.67. The van der Waals surface area contributed by atoms with E-state index in [1.165, 1.54) is 0 Å². The van der Waals surface area contributed by atoms with E-state index in [1.807, 2.05) is 0 Å². The van der Waals surface area contributed by atoms with Gasteiger partial charge in [-0.25, -0.2) is 0 Å². The Morgan fingerprint density at radius 3 is 2.47 bits per heavy atom. The summed E-state index contributed by atoms with van der Waals surface area (Å²) in [6.45, 7) is 3.64. The van der Waals surface area contributed by atoms with Crippen molar-refractivity contribution in [2.45, 2.75) is 20.3 Å². The summed E-state index contributed by atoms with van der Waals surface area (Å²) >= 11 is 0. The molecule has 0 spiro atoms. The van der Waals surface area contributed by atoms with Crippen molar-refractivity contribution in [3.63, 3.8) is 0 Å². The van der Waals surface area contributed by atoms with E-state index >= 15 is 0 Å². The summed E-state index contributed by atoms with van der Waals surface area (Å²) in [6.07, 6.45) is 0.327. The molecule has 0 aromatic heterocycles. The van der Waals surface area contributed by atoms with Crippen LogP contribution in [-0.4, -0.2) is 30.9 Å². The third-order valence-electron chi connectivity index (χ3n) is 1.59. The standard InChI is InChI=1S/C9H15ClO4S/c1-3-8(11)13-4-5-14-9(12)7(2)6-15-10/h7H,3-6H2,1-2H3. The highest BCUT2D eigenvalue weighted by molar-refractivity contribution is 8.21. The number of ether oxygens (including phenoxy) is 2. The van der Waals surface area contributed by atoms with Crippen molar-refractivity contribution in [1.82, 2.24) is 0 Å². The topological polar surface area (TPSA) is 52.6 Å². The van der Waals surface area contributed by atoms with E-state index < -0.39 is 0 Å². The fourth-order valence-electron chi connectivity index (χ4n) is 0.705. The molecule has 1 atom stereocenters. The van der Waals surface area contributed by atoms with Gasteiger partial charge in [-0.05, 0) is 10.7 Å². The lowest BCUT2D eigenvalue weighted by atomic mass is 10.2. The van der Waals surface area contributed by atoms with Gasteiger partial charge in [-0.15, -0.1) is 0 Å². The molecular weight excluding hydrogens is 240 g/mol. The summed E-state index contributed by atoms with van der Waals surface area (Å²) in [5.74, 6) is -0.352. The Labute approximate surface area is 98.1 Å². The Bertz CT molecular complexity index is 210. The van der Waals surface area contributed by atoms with Gasteiger partial charge in [0.25, 0.3) is 0 Å². The Morgan fingerprint density at radius 2 is 1.93 bits per heavy atom. The van der Waals surface area contributed by atoms with Crippen molar-refractivity contribution in [2.75, 3.05) is 19.0 Å². The lowest BCUT2D eigenvalue weighted by Crippen LogP contribution is -2.19. The number of esters is 2. The Hall–Kier alpha value is -0.420. The molecule has 0 aliphatic heterocycles. The highest BCUT2D eigenvalue weighted by Crippen LogP contribution is 2.13. The SMILES string of the molecule is CCC(=O)OCCOC(=O)C(C)CSCl. The Morgan fingerprint density at radius 1 is 1.33 bits per heavy atom. The molecule has 0 aromatic rings. The van der Waals surface area contributed by atoms with Crippen molar-refractivity contribution < 1.29 is 19.1 Å². The minimum absolute atomic E-state index is 0.0991. The molecule has 0 aliphatic rings. The molecule has 0 amide bonds. The van der Waals surface area contributed by atoms with E-state index in [-0.39, 0.29) is 31.1 Å². The summed E-state index contributed by atoms with van der Waals surface area (Å²) < 4.78 is 9.60. The predicted octanol–water partition coefficient (Wildman–Crippen LogP) is 2.01. The molecule has 1 unspecified atom stereocenters. The quantitative estimate of drug-likeness (QED) is 0.514. The molecule has 0 aliphatic carbocycles. The smallest absolute Gasteiger partial charge is 0.309 e. The van der Waals surface area contributed by atoms with Gasteiger partial charge in [-0.3, -0.25) is 9.59 Å². The molecule has 4 nitrogen and oxygen atoms in total. The average molecular weight is 255 g/mol. The highest BCUT2D eigenvalue weighted by Gasteiger charge is 2.13. The van der Waals surface area contributed by atoms with Crippen LogP contribution in [0.5, 0.6) is 0 Å². The molecule has 0 rings (SSSR count). The van der Waals surface area contributed by atoms with Gasteiger partial charge in [-0.1, -0.05) is 24.8 Å². The summed E-state index contributed by atoms with van der Waals surface area (Å²) in [6, 6.07) is 0. The zero-order valence-electron chi connectivity index (χ0n) is 8.82. The first-order valence-corrected chi connectivity index (χ1v) is 6.48. The van der Waals surface area contributed by atoms with Gasteiger partial charge in [0.05, 0.1) is 5.92 Å². The average Bonchev–Trinajstić information content (AvgIpc) is 2.23. The van der Waals surface area contributed by atoms with Crippen LogP contribution in [0.4, 0.5) is 0 Å². The summed E-state index contributed by atoms with van der Waals surface area (Å²) in [5, 5.41) is 0. The largest absolute Gasteiger partial charge is 0.462 e. The van der Waals surface area contributed by atoms with E-state index in [0.717, 1.165) is 11.0 Å². The van der Waals surface area contributed by atoms with Crippen LogP contribution in [0, 0.1) is 5.92 Å². The molecule has 0 heterocycles. The second-order valence-corrected chi connectivity index (χ2v) is 4.12. The van der Waals surface area contributed by atoms with E-state index in [2.05, 4.69) is 0 Å². The minimum atomic E-state index is -0.323. The molecule has 0 bridgehead atoms. The zero-order valence-corrected chi connectivity index (χ0v) is 10.4. The highest BCUT2D eigenvalue weighted by atomic mass is 35.7. The van der Waals surface area contributed by atoms with Crippen molar-refractivity contribution in [3.05, 3.63) is 0 Å². The second kappa shape index (κ2) is 8.85. The van der Waals surface area contributed by atoms with Crippen molar-refractivity contribution >= 4 is 33.6 Å². The molecule has 0 radical (unpaired) electrons. The lowest BCUT2D eigenvalue weighted by Gasteiger charge is -2.09. The fourth-order valence-corrected chi connectivity index (χ4v) is 1.60. The predicted molar refractivity (Wildman–Crippen MR) is 59.7 cm³/mol. The van der Waals surface area contributed by atoms with Crippen LogP contribution >= 0.6 is 21.7 Å². The van der Waals surface area contributed by atoms with Crippen LogP contribution < -0.4 is 0 Å². The maximum atomic E-state index is 11.2. The van der Waals surface area contributed by atoms with Crippen LogP contribution in [0.2, 0.25) is 0 Å². The molecule has 0 saturated carbocycles. The number of carbonyl (C=O) groups is 2. The third kappa shape index (κ3) is 7.50. The van der Waals surface area contributed by atoms with Gasteiger partial charge in [0.2, 0.25) is 0 Å². The Kier molecular flexibility index (Phi) is 8.61. The van der Waals surface area contributed by atoms with Gasteiger partial charge in [0.1, 0.15) is 13.2 Å². The number of carbonyl (C=O) groups excluding carboxylic acids is 2. The zero-order chi connectivity index (χ0) is 11.7. The monoisotopic (exact) mass is 254 g/mol. The van der Waals surface area contributed by atoms with Gasteiger partial charge in [0.15, 0.2) is 0 Å². The normalized spacial score (nSPS) is 11.9. The second-order valence-electron chi connectivity index (χ2n) is 2.92. The molecule has 0 N–H and O–H groups in total.